The van der Waals surface area contributed by atoms with Crippen LogP contribution in [-0.2, 0) is 20.2 Å². The van der Waals surface area contributed by atoms with Gasteiger partial charge < -0.3 is 10.1 Å². The number of nitrogens with zero attached hydrogens (tertiary/aromatic N) is 2. The Balaban J connectivity index is 2.01. The second-order valence-corrected chi connectivity index (χ2v) is 4.11. The molecule has 5 heteroatoms. The van der Waals surface area contributed by atoms with Crippen molar-refractivity contribution < 1.29 is 9.13 Å². The van der Waals surface area contributed by atoms with Crippen molar-refractivity contribution in [1.82, 2.24) is 15.1 Å². The highest BCUT2D eigenvalue weighted by Crippen LogP contribution is 2.19. The molecule has 0 bridgehead atoms. The van der Waals surface area contributed by atoms with E-state index in [9.17, 15) is 4.39 Å². The van der Waals surface area contributed by atoms with Crippen LogP contribution in [0, 0.1) is 5.82 Å². The van der Waals surface area contributed by atoms with E-state index in [1.54, 1.807) is 16.9 Å². The van der Waals surface area contributed by atoms with E-state index in [0.29, 0.717) is 13.2 Å². The van der Waals surface area contributed by atoms with Crippen molar-refractivity contribution in [2.75, 3.05) is 7.05 Å². The van der Waals surface area contributed by atoms with E-state index in [4.69, 9.17) is 4.74 Å². The third kappa shape index (κ3) is 3.07. The molecule has 0 aliphatic rings. The zero-order valence-corrected chi connectivity index (χ0v) is 10.5. The Hall–Kier alpha value is -1.88. The summed E-state index contributed by atoms with van der Waals surface area (Å²) in [5.74, 6) is -0.0784. The molecule has 2 aromatic rings. The molecule has 18 heavy (non-hydrogen) atoms. The average Bonchev–Trinajstić information content (AvgIpc) is 2.74. The molecule has 0 spiro atoms. The molecule has 2 rings (SSSR count). The number of rotatable bonds is 5. The van der Waals surface area contributed by atoms with Gasteiger partial charge in [0.2, 0.25) is 0 Å². The third-order valence-electron chi connectivity index (χ3n) is 2.53. The molecule has 0 saturated carbocycles. The summed E-state index contributed by atoms with van der Waals surface area (Å²) in [6, 6.07) is 4.98. The molecule has 96 valence electrons. The summed E-state index contributed by atoms with van der Waals surface area (Å²) in [5.41, 5.74) is 1.81. The lowest BCUT2D eigenvalue weighted by Crippen LogP contribution is -2.05. The molecule has 4 nitrogen and oxygen atoms in total. The molecule has 0 amide bonds. The van der Waals surface area contributed by atoms with Crippen LogP contribution < -0.4 is 10.1 Å². The number of ether oxygens (including phenoxy) is 1. The quantitative estimate of drug-likeness (QED) is 0.879. The van der Waals surface area contributed by atoms with Crippen molar-refractivity contribution in [3.05, 3.63) is 47.5 Å². The van der Waals surface area contributed by atoms with Crippen molar-refractivity contribution in [2.24, 2.45) is 7.05 Å². The van der Waals surface area contributed by atoms with Gasteiger partial charge in [0.1, 0.15) is 6.61 Å². The van der Waals surface area contributed by atoms with Gasteiger partial charge in [0.15, 0.2) is 11.6 Å². The number of aryl methyl sites for hydroxylation is 1. The number of benzene rings is 1. The molecular formula is C13H16FN3O. The van der Waals surface area contributed by atoms with Crippen LogP contribution in [0.1, 0.15) is 11.1 Å². The number of aromatic nitrogens is 2. The van der Waals surface area contributed by atoms with Crippen molar-refractivity contribution in [1.29, 1.82) is 0 Å². The monoisotopic (exact) mass is 249 g/mol. The standard InChI is InChI=1S/C13H16FN3O/c1-15-6-10-3-4-13(12(14)5-10)18-9-11-7-16-17(2)8-11/h3-5,7-8,15H,6,9H2,1-2H3. The number of nitrogens with one attached hydrogen (secondary N) is 1. The minimum Gasteiger partial charge on any atom is -0.486 e. The third-order valence-corrected chi connectivity index (χ3v) is 2.53. The second kappa shape index (κ2) is 5.64. The first-order valence-corrected chi connectivity index (χ1v) is 5.72. The predicted molar refractivity (Wildman–Crippen MR) is 66.7 cm³/mol. The highest BCUT2D eigenvalue weighted by atomic mass is 19.1. The zero-order valence-electron chi connectivity index (χ0n) is 10.5. The zero-order chi connectivity index (χ0) is 13.0. The summed E-state index contributed by atoms with van der Waals surface area (Å²) in [4.78, 5) is 0. The summed E-state index contributed by atoms with van der Waals surface area (Å²) in [7, 11) is 3.65. The minimum atomic E-state index is -0.341. The highest BCUT2D eigenvalue weighted by molar-refractivity contribution is 5.29. The first-order valence-electron chi connectivity index (χ1n) is 5.72. The van der Waals surface area contributed by atoms with Crippen LogP contribution in [0.15, 0.2) is 30.6 Å². The maximum atomic E-state index is 13.7. The summed E-state index contributed by atoms with van der Waals surface area (Å²) in [5, 5.41) is 7.00. The lowest BCUT2D eigenvalue weighted by molar-refractivity contribution is 0.290. The van der Waals surface area contributed by atoms with Gasteiger partial charge >= 0.3 is 0 Å². The van der Waals surface area contributed by atoms with Gasteiger partial charge in [-0.1, -0.05) is 6.07 Å². The molecule has 0 saturated heterocycles. The number of halogens is 1. The normalized spacial score (nSPS) is 10.6. The van der Waals surface area contributed by atoms with Crippen LogP contribution >= 0.6 is 0 Å². The first-order chi connectivity index (χ1) is 8.69. The van der Waals surface area contributed by atoms with Crippen LogP contribution in [-0.4, -0.2) is 16.8 Å². The largest absolute Gasteiger partial charge is 0.486 e. The molecule has 0 atom stereocenters. The van der Waals surface area contributed by atoms with E-state index in [1.807, 2.05) is 26.4 Å². The number of hydrogen-bond donors (Lipinski definition) is 1. The molecule has 1 N–H and O–H groups in total. The van der Waals surface area contributed by atoms with E-state index in [1.165, 1.54) is 6.07 Å². The Labute approximate surface area is 105 Å². The fraction of sp³-hybridized carbons (Fsp3) is 0.308. The van der Waals surface area contributed by atoms with Crippen molar-refractivity contribution in [3.63, 3.8) is 0 Å². The van der Waals surface area contributed by atoms with Crippen molar-refractivity contribution >= 4 is 0 Å². The molecular weight excluding hydrogens is 233 g/mol. The Kier molecular flexibility index (Phi) is 3.94. The van der Waals surface area contributed by atoms with E-state index >= 15 is 0 Å². The van der Waals surface area contributed by atoms with Gasteiger partial charge in [0.25, 0.3) is 0 Å². The van der Waals surface area contributed by atoms with Crippen LogP contribution in [0.5, 0.6) is 5.75 Å². The Morgan fingerprint density at radius 2 is 2.22 bits per heavy atom. The van der Waals surface area contributed by atoms with Gasteiger partial charge in [0.05, 0.1) is 6.20 Å². The van der Waals surface area contributed by atoms with Gasteiger partial charge in [-0.15, -0.1) is 0 Å². The average molecular weight is 249 g/mol. The van der Waals surface area contributed by atoms with E-state index in [-0.39, 0.29) is 11.6 Å². The molecule has 1 aromatic heterocycles. The Morgan fingerprint density at radius 1 is 1.39 bits per heavy atom. The summed E-state index contributed by atoms with van der Waals surface area (Å²) < 4.78 is 20.8. The first kappa shape index (κ1) is 12.6. The lowest BCUT2D eigenvalue weighted by Gasteiger charge is -2.07. The van der Waals surface area contributed by atoms with Crippen molar-refractivity contribution in [2.45, 2.75) is 13.2 Å². The summed E-state index contributed by atoms with van der Waals surface area (Å²) >= 11 is 0. The van der Waals surface area contributed by atoms with Crippen LogP contribution in [0.2, 0.25) is 0 Å². The molecule has 0 radical (unpaired) electrons. The fourth-order valence-corrected chi connectivity index (χ4v) is 1.68. The SMILES string of the molecule is CNCc1ccc(OCc2cnn(C)c2)c(F)c1. The molecule has 0 aliphatic heterocycles. The van der Waals surface area contributed by atoms with Crippen LogP contribution in [0.3, 0.4) is 0 Å². The second-order valence-electron chi connectivity index (χ2n) is 4.11. The maximum absolute atomic E-state index is 13.7. The molecule has 0 unspecified atom stereocenters. The Bertz CT molecular complexity index is 525. The van der Waals surface area contributed by atoms with Crippen molar-refractivity contribution in [3.8, 4) is 5.75 Å². The smallest absolute Gasteiger partial charge is 0.165 e. The highest BCUT2D eigenvalue weighted by Gasteiger charge is 2.05. The number of hydrogen-bond acceptors (Lipinski definition) is 3. The van der Waals surface area contributed by atoms with E-state index < -0.39 is 0 Å². The summed E-state index contributed by atoms with van der Waals surface area (Å²) in [6.45, 7) is 0.954. The van der Waals surface area contributed by atoms with Crippen LogP contribution in [0.4, 0.5) is 4.39 Å². The summed E-state index contributed by atoms with van der Waals surface area (Å²) in [6.07, 6.45) is 3.54. The predicted octanol–water partition coefficient (Wildman–Crippen LogP) is 1.86. The fourth-order valence-electron chi connectivity index (χ4n) is 1.68. The molecule has 1 heterocycles. The van der Waals surface area contributed by atoms with Crippen LogP contribution in [0.25, 0.3) is 0 Å². The lowest BCUT2D eigenvalue weighted by atomic mass is 10.2. The Morgan fingerprint density at radius 3 is 2.83 bits per heavy atom. The maximum Gasteiger partial charge on any atom is 0.165 e. The molecule has 1 aromatic carbocycles. The van der Waals surface area contributed by atoms with Gasteiger partial charge in [-0.05, 0) is 24.7 Å². The minimum absolute atomic E-state index is 0.263. The van der Waals surface area contributed by atoms with E-state index in [0.717, 1.165) is 11.1 Å². The molecule has 0 aliphatic carbocycles. The van der Waals surface area contributed by atoms with Gasteiger partial charge in [-0.2, -0.15) is 5.10 Å². The van der Waals surface area contributed by atoms with E-state index in [2.05, 4.69) is 10.4 Å². The van der Waals surface area contributed by atoms with Gasteiger partial charge in [-0.25, -0.2) is 4.39 Å². The molecule has 0 fully saturated rings. The topological polar surface area (TPSA) is 39.1 Å². The van der Waals surface area contributed by atoms with Gasteiger partial charge in [0, 0.05) is 25.4 Å². The van der Waals surface area contributed by atoms with Gasteiger partial charge in [-0.3, -0.25) is 4.68 Å².